The van der Waals surface area contributed by atoms with E-state index in [1.165, 1.54) is 41.5 Å². The number of hydrogen-bond acceptors (Lipinski definition) is 2. The molecule has 0 aliphatic heterocycles. The van der Waals surface area contributed by atoms with Crippen LogP contribution in [0, 0.1) is 6.07 Å². The molecule has 14 heavy (non-hydrogen) atoms. The van der Waals surface area contributed by atoms with E-state index in [2.05, 4.69) is 16.5 Å². The summed E-state index contributed by atoms with van der Waals surface area (Å²) in [6.07, 6.45) is 5.42. The Morgan fingerprint density at radius 1 is 1.36 bits per heavy atom. The van der Waals surface area contributed by atoms with E-state index in [0.29, 0.717) is 0 Å². The smallest absolute Gasteiger partial charge is 0.0651 e. The summed E-state index contributed by atoms with van der Waals surface area (Å²) >= 11 is 1.62. The number of nitrogens with zero attached hydrogens (tertiary/aromatic N) is 1. The van der Waals surface area contributed by atoms with Gasteiger partial charge < -0.3 is 0 Å². The third-order valence-corrected chi connectivity index (χ3v) is 3.91. The quantitative estimate of drug-likeness (QED) is 0.686. The molecule has 3 rings (SSSR count). The van der Waals surface area contributed by atoms with E-state index in [9.17, 15) is 0 Å². The third kappa shape index (κ3) is 1.25. The van der Waals surface area contributed by atoms with Gasteiger partial charge in [-0.05, 0) is 36.5 Å². The van der Waals surface area contributed by atoms with Crippen LogP contribution in [0.4, 0.5) is 0 Å². The van der Waals surface area contributed by atoms with Crippen LogP contribution < -0.4 is 0 Å². The van der Waals surface area contributed by atoms with Crippen molar-refractivity contribution in [3.05, 3.63) is 30.0 Å². The van der Waals surface area contributed by atoms with Gasteiger partial charge in [-0.25, -0.2) is 0 Å². The number of benzene rings is 1. The maximum Gasteiger partial charge on any atom is 0.0651 e. The summed E-state index contributed by atoms with van der Waals surface area (Å²) in [5, 5.41) is 1.36. The Morgan fingerprint density at radius 2 is 2.21 bits per heavy atom. The Morgan fingerprint density at radius 3 is 3.07 bits per heavy atom. The van der Waals surface area contributed by atoms with Crippen LogP contribution in [0.2, 0.25) is 0 Å². The first-order valence-electron chi connectivity index (χ1n) is 5.20. The summed E-state index contributed by atoms with van der Waals surface area (Å²) in [5.41, 5.74) is 1.34. The van der Waals surface area contributed by atoms with Crippen LogP contribution in [0.1, 0.15) is 37.3 Å². The van der Waals surface area contributed by atoms with Gasteiger partial charge in [0, 0.05) is 11.3 Å². The molecule has 0 amide bonds. The molecule has 1 radical (unpaired) electrons. The van der Waals surface area contributed by atoms with Crippen LogP contribution in [0.25, 0.3) is 10.1 Å². The second-order valence-corrected chi connectivity index (χ2v) is 4.78. The molecule has 2 heteroatoms. The zero-order valence-corrected chi connectivity index (χ0v) is 8.81. The highest BCUT2D eigenvalue weighted by Gasteiger charge is 2.21. The normalized spacial score (nSPS) is 18.0. The topological polar surface area (TPSA) is 12.9 Å². The van der Waals surface area contributed by atoms with E-state index in [1.807, 2.05) is 12.1 Å². The van der Waals surface area contributed by atoms with Crippen molar-refractivity contribution in [2.75, 3.05) is 0 Å². The van der Waals surface area contributed by atoms with Crippen molar-refractivity contribution in [1.82, 2.24) is 4.37 Å². The molecule has 1 nitrogen and oxygen atoms in total. The summed E-state index contributed by atoms with van der Waals surface area (Å²) in [6.45, 7) is 0. The van der Waals surface area contributed by atoms with Gasteiger partial charge in [0.25, 0.3) is 0 Å². The first-order valence-corrected chi connectivity index (χ1v) is 5.98. The summed E-state index contributed by atoms with van der Waals surface area (Å²) < 4.78 is 5.89. The third-order valence-electron chi connectivity index (χ3n) is 3.09. The maximum atomic E-state index is 4.60. The van der Waals surface area contributed by atoms with Gasteiger partial charge in [-0.1, -0.05) is 25.0 Å². The Hall–Kier alpha value is -0.890. The van der Waals surface area contributed by atoms with Crippen molar-refractivity contribution in [3.63, 3.8) is 0 Å². The van der Waals surface area contributed by atoms with Crippen LogP contribution in [-0.2, 0) is 0 Å². The van der Waals surface area contributed by atoms with Crippen molar-refractivity contribution in [2.24, 2.45) is 0 Å². The van der Waals surface area contributed by atoms with Gasteiger partial charge in [0.15, 0.2) is 0 Å². The molecule has 0 saturated heterocycles. The van der Waals surface area contributed by atoms with E-state index < -0.39 is 0 Å². The lowest BCUT2D eigenvalue weighted by molar-refractivity contribution is 0.713. The molecular weight excluding hydrogens is 190 g/mol. The maximum absolute atomic E-state index is 4.60. The molecule has 0 N–H and O–H groups in total. The first kappa shape index (κ1) is 8.42. The fourth-order valence-corrected chi connectivity index (χ4v) is 3.18. The van der Waals surface area contributed by atoms with Crippen molar-refractivity contribution < 1.29 is 0 Å². The fraction of sp³-hybridized carbons (Fsp3) is 0.417. The Kier molecular flexibility index (Phi) is 2.02. The lowest BCUT2D eigenvalue weighted by Gasteiger charge is -2.04. The van der Waals surface area contributed by atoms with E-state index in [4.69, 9.17) is 0 Å². The van der Waals surface area contributed by atoms with Crippen LogP contribution >= 0.6 is 11.5 Å². The molecule has 71 valence electrons. The average Bonchev–Trinajstić information content (AvgIpc) is 2.85. The molecule has 1 heterocycles. The van der Waals surface area contributed by atoms with Crippen molar-refractivity contribution >= 4 is 21.6 Å². The van der Waals surface area contributed by atoms with Crippen molar-refractivity contribution in [2.45, 2.75) is 31.6 Å². The summed E-state index contributed by atoms with van der Waals surface area (Å²) in [6, 6.07) is 9.31. The van der Waals surface area contributed by atoms with E-state index in [-0.39, 0.29) is 0 Å². The molecule has 1 saturated carbocycles. The van der Waals surface area contributed by atoms with Crippen molar-refractivity contribution in [1.29, 1.82) is 0 Å². The zero-order chi connectivity index (χ0) is 9.38. The molecule has 2 aromatic rings. The molecule has 0 atom stereocenters. The van der Waals surface area contributed by atoms with Crippen molar-refractivity contribution in [3.8, 4) is 0 Å². The minimum absolute atomic E-state index is 0.728. The number of fused-ring (bicyclic) bond motifs is 1. The SMILES string of the molecule is [c]1ccc2c(C3CCCC3)nsc2c1. The van der Waals surface area contributed by atoms with E-state index in [1.54, 1.807) is 11.5 Å². The monoisotopic (exact) mass is 202 g/mol. The second-order valence-electron chi connectivity index (χ2n) is 3.97. The predicted molar refractivity (Wildman–Crippen MR) is 59.7 cm³/mol. The fourth-order valence-electron chi connectivity index (χ4n) is 2.34. The minimum Gasteiger partial charge on any atom is -0.196 e. The molecule has 0 spiro atoms. The van der Waals surface area contributed by atoms with Crippen LogP contribution in [0.3, 0.4) is 0 Å². The molecule has 1 aromatic heterocycles. The highest BCUT2D eigenvalue weighted by atomic mass is 32.1. The Labute approximate surface area is 87.9 Å². The molecule has 1 aromatic carbocycles. The largest absolute Gasteiger partial charge is 0.196 e. The van der Waals surface area contributed by atoms with Crippen LogP contribution in [0.5, 0.6) is 0 Å². The predicted octanol–water partition coefficient (Wildman–Crippen LogP) is 3.75. The molecule has 0 unspecified atom stereocenters. The van der Waals surface area contributed by atoms with Gasteiger partial charge in [-0.3, -0.25) is 0 Å². The minimum atomic E-state index is 0.728. The summed E-state index contributed by atoms with van der Waals surface area (Å²) in [4.78, 5) is 0. The van der Waals surface area contributed by atoms with Gasteiger partial charge in [0.2, 0.25) is 0 Å². The molecule has 1 aliphatic carbocycles. The van der Waals surface area contributed by atoms with Crippen LogP contribution in [-0.4, -0.2) is 4.37 Å². The Bertz CT molecular complexity index is 440. The van der Waals surface area contributed by atoms with Gasteiger partial charge in [0.1, 0.15) is 0 Å². The van der Waals surface area contributed by atoms with Gasteiger partial charge in [-0.2, -0.15) is 4.37 Å². The first-order chi connectivity index (χ1) is 6.95. The number of rotatable bonds is 1. The van der Waals surface area contributed by atoms with Gasteiger partial charge in [-0.15, -0.1) is 0 Å². The molecule has 1 aliphatic rings. The van der Waals surface area contributed by atoms with Crippen LogP contribution in [0.15, 0.2) is 18.2 Å². The number of hydrogen-bond donors (Lipinski definition) is 0. The average molecular weight is 202 g/mol. The summed E-state index contributed by atoms with van der Waals surface area (Å²) in [7, 11) is 0. The van der Waals surface area contributed by atoms with E-state index >= 15 is 0 Å². The van der Waals surface area contributed by atoms with Gasteiger partial charge >= 0.3 is 0 Å². The Balaban J connectivity index is 2.11. The zero-order valence-electron chi connectivity index (χ0n) is 7.99. The lowest BCUT2D eigenvalue weighted by atomic mass is 10.0. The number of aromatic nitrogens is 1. The summed E-state index contributed by atoms with van der Waals surface area (Å²) in [5.74, 6) is 0.728. The second kappa shape index (κ2) is 3.35. The van der Waals surface area contributed by atoms with Gasteiger partial charge in [0.05, 0.1) is 10.4 Å². The molecule has 0 bridgehead atoms. The highest BCUT2D eigenvalue weighted by Crippen LogP contribution is 2.37. The molecule has 1 fully saturated rings. The lowest BCUT2D eigenvalue weighted by Crippen LogP contribution is -1.91. The van der Waals surface area contributed by atoms with E-state index in [0.717, 1.165) is 5.92 Å². The molecular formula is C12H12NS. The highest BCUT2D eigenvalue weighted by molar-refractivity contribution is 7.13. The standard InChI is InChI=1S/C12H12NS/c1-2-6-9(5-1)12-10-7-3-4-8-11(10)14-13-12/h3,7-9H,1-2,5-6H2.